The molecule has 0 aliphatic rings. The minimum atomic E-state index is -4.74. The summed E-state index contributed by atoms with van der Waals surface area (Å²) in [5.41, 5.74) is 0. The number of carbonyl (C=O) groups is 2. The predicted octanol–water partition coefficient (Wildman–Crippen LogP) is 12.5. The summed E-state index contributed by atoms with van der Waals surface area (Å²) >= 11 is 0. The third-order valence-electron chi connectivity index (χ3n) is 9.38. The highest BCUT2D eigenvalue weighted by atomic mass is 31.2. The van der Waals surface area contributed by atoms with Crippen LogP contribution in [0.3, 0.4) is 0 Å². The van der Waals surface area contributed by atoms with Crippen LogP contribution in [0.1, 0.15) is 226 Å². The van der Waals surface area contributed by atoms with E-state index in [9.17, 15) is 14.2 Å². The van der Waals surface area contributed by atoms with Gasteiger partial charge in [-0.1, -0.05) is 200 Å². The van der Waals surface area contributed by atoms with E-state index in [0.717, 1.165) is 32.1 Å². The Hall–Kier alpha value is -0.950. The van der Waals surface area contributed by atoms with Crippen LogP contribution >= 0.6 is 7.82 Å². The fourth-order valence-electron chi connectivity index (χ4n) is 6.26. The van der Waals surface area contributed by atoms with Crippen LogP contribution in [0.2, 0.25) is 0 Å². The smallest absolute Gasteiger partial charge is 0.462 e. The maximum absolute atomic E-state index is 12.4. The molecule has 0 aromatic heterocycles. The Morgan fingerprint density at radius 2 is 0.735 bits per heavy atom. The SMILES string of the molecule is CCCCCCCCCCCCCCCCCCCCC(=O)OC[C@H](COP(=O)(O)O)OC(=O)CCCCCCCCCCCCCCC. The molecule has 0 rings (SSSR count). The molecule has 0 aromatic carbocycles. The molecule has 0 aromatic rings. The van der Waals surface area contributed by atoms with Gasteiger partial charge in [0, 0.05) is 12.8 Å². The zero-order chi connectivity index (χ0) is 36.1. The molecular formula is C40H79O8P. The van der Waals surface area contributed by atoms with Crippen LogP contribution < -0.4 is 0 Å². The molecule has 2 N–H and O–H groups in total. The summed E-state index contributed by atoms with van der Waals surface area (Å²) in [6.45, 7) is 3.71. The number of rotatable bonds is 39. The topological polar surface area (TPSA) is 119 Å². The van der Waals surface area contributed by atoms with E-state index in [1.807, 2.05) is 0 Å². The van der Waals surface area contributed by atoms with Gasteiger partial charge in [0.25, 0.3) is 0 Å². The molecule has 0 unspecified atom stereocenters. The lowest BCUT2D eigenvalue weighted by molar-refractivity contribution is -0.161. The van der Waals surface area contributed by atoms with Gasteiger partial charge >= 0.3 is 19.8 Å². The molecule has 0 heterocycles. The zero-order valence-corrected chi connectivity index (χ0v) is 33.0. The van der Waals surface area contributed by atoms with Gasteiger partial charge in [-0.15, -0.1) is 0 Å². The molecule has 0 saturated heterocycles. The van der Waals surface area contributed by atoms with Crippen LogP contribution in [0, 0.1) is 0 Å². The monoisotopic (exact) mass is 719 g/mol. The largest absolute Gasteiger partial charge is 0.469 e. The fourth-order valence-corrected chi connectivity index (χ4v) is 6.62. The summed E-state index contributed by atoms with van der Waals surface area (Å²) in [5.74, 6) is -0.868. The maximum Gasteiger partial charge on any atom is 0.469 e. The molecule has 9 heteroatoms. The highest BCUT2D eigenvalue weighted by Gasteiger charge is 2.22. The number of phosphoric acid groups is 1. The first-order chi connectivity index (χ1) is 23.8. The quantitative estimate of drug-likeness (QED) is 0.0366. The van der Waals surface area contributed by atoms with Crippen LogP contribution in [-0.2, 0) is 28.2 Å². The molecule has 0 amide bonds. The minimum absolute atomic E-state index is 0.220. The highest BCUT2D eigenvalue weighted by Crippen LogP contribution is 2.36. The van der Waals surface area contributed by atoms with Gasteiger partial charge in [0.2, 0.25) is 0 Å². The van der Waals surface area contributed by atoms with Crippen molar-refractivity contribution in [1.82, 2.24) is 0 Å². The van der Waals surface area contributed by atoms with E-state index in [1.54, 1.807) is 0 Å². The molecule has 0 bridgehead atoms. The second-order valence-corrected chi connectivity index (χ2v) is 15.6. The normalized spacial score (nSPS) is 12.3. The summed E-state index contributed by atoms with van der Waals surface area (Å²) in [7, 11) is -4.74. The number of ether oxygens (including phenoxy) is 2. The number of hydrogen-bond acceptors (Lipinski definition) is 6. The summed E-state index contributed by atoms with van der Waals surface area (Å²) < 4.78 is 26.4. The first-order valence-corrected chi connectivity index (χ1v) is 22.4. The van der Waals surface area contributed by atoms with E-state index in [1.165, 1.54) is 161 Å². The molecule has 292 valence electrons. The third kappa shape index (κ3) is 39.7. The average molecular weight is 719 g/mol. The Balaban J connectivity index is 3.84. The number of carbonyl (C=O) groups excluding carboxylic acids is 2. The van der Waals surface area contributed by atoms with Gasteiger partial charge < -0.3 is 19.3 Å². The van der Waals surface area contributed by atoms with Crippen molar-refractivity contribution in [3.63, 3.8) is 0 Å². The minimum Gasteiger partial charge on any atom is -0.462 e. The molecule has 0 fully saturated rings. The van der Waals surface area contributed by atoms with Crippen molar-refractivity contribution in [2.24, 2.45) is 0 Å². The molecule has 8 nitrogen and oxygen atoms in total. The Morgan fingerprint density at radius 3 is 1.04 bits per heavy atom. The van der Waals surface area contributed by atoms with Gasteiger partial charge in [-0.2, -0.15) is 0 Å². The average Bonchev–Trinajstić information content (AvgIpc) is 3.07. The molecule has 0 aliphatic heterocycles. The molecule has 0 radical (unpaired) electrons. The van der Waals surface area contributed by atoms with Crippen molar-refractivity contribution in [3.05, 3.63) is 0 Å². The van der Waals surface area contributed by atoms with Crippen LogP contribution in [0.5, 0.6) is 0 Å². The lowest BCUT2D eigenvalue weighted by Gasteiger charge is -2.18. The highest BCUT2D eigenvalue weighted by molar-refractivity contribution is 7.46. The summed E-state index contributed by atoms with van der Waals surface area (Å²) in [6.07, 6.45) is 38.2. The Bertz CT molecular complexity index is 771. The van der Waals surface area contributed by atoms with E-state index in [0.29, 0.717) is 6.42 Å². The lowest BCUT2D eigenvalue weighted by Crippen LogP contribution is -2.29. The zero-order valence-electron chi connectivity index (χ0n) is 32.1. The summed E-state index contributed by atoms with van der Waals surface area (Å²) in [5, 5.41) is 0. The molecule has 49 heavy (non-hydrogen) atoms. The van der Waals surface area contributed by atoms with Gasteiger partial charge in [0.1, 0.15) is 6.61 Å². The fraction of sp³-hybridized carbons (Fsp3) is 0.950. The molecular weight excluding hydrogens is 639 g/mol. The number of esters is 2. The van der Waals surface area contributed by atoms with Crippen LogP contribution in [-0.4, -0.2) is 41.0 Å². The van der Waals surface area contributed by atoms with E-state index < -0.39 is 32.5 Å². The van der Waals surface area contributed by atoms with Crippen LogP contribution in [0.15, 0.2) is 0 Å². The third-order valence-corrected chi connectivity index (χ3v) is 9.86. The van der Waals surface area contributed by atoms with Crippen molar-refractivity contribution in [1.29, 1.82) is 0 Å². The number of unbranched alkanes of at least 4 members (excludes halogenated alkanes) is 29. The van der Waals surface area contributed by atoms with Gasteiger partial charge in [-0.3, -0.25) is 14.1 Å². The Kier molecular flexibility index (Phi) is 36.1. The van der Waals surface area contributed by atoms with Crippen molar-refractivity contribution in [2.75, 3.05) is 13.2 Å². The first kappa shape index (κ1) is 48.0. The van der Waals surface area contributed by atoms with Crippen molar-refractivity contribution >= 4 is 19.8 Å². The van der Waals surface area contributed by atoms with Gasteiger partial charge in [0.15, 0.2) is 6.10 Å². The standard InChI is InChI=1S/C40H79O8P/c1-3-5-7-9-11-13-15-17-18-19-20-21-23-24-26-28-30-32-34-39(41)46-36-38(37-47-49(43,44)45)48-40(42)35-33-31-29-27-25-22-16-14-12-10-8-6-4-2/h38H,3-37H2,1-2H3,(H2,43,44,45)/t38-/m1/s1. The van der Waals surface area contributed by atoms with Gasteiger partial charge in [-0.25, -0.2) is 4.57 Å². The molecule has 0 spiro atoms. The van der Waals surface area contributed by atoms with E-state index in [2.05, 4.69) is 18.4 Å². The molecule has 0 aliphatic carbocycles. The van der Waals surface area contributed by atoms with Gasteiger partial charge in [0.05, 0.1) is 6.61 Å². The lowest BCUT2D eigenvalue weighted by atomic mass is 10.0. The van der Waals surface area contributed by atoms with E-state index in [4.69, 9.17) is 19.3 Å². The Morgan fingerprint density at radius 1 is 0.449 bits per heavy atom. The number of hydrogen-bond donors (Lipinski definition) is 2. The van der Waals surface area contributed by atoms with E-state index >= 15 is 0 Å². The van der Waals surface area contributed by atoms with Gasteiger partial charge in [-0.05, 0) is 12.8 Å². The van der Waals surface area contributed by atoms with Crippen molar-refractivity contribution in [2.45, 2.75) is 232 Å². The van der Waals surface area contributed by atoms with Crippen LogP contribution in [0.25, 0.3) is 0 Å². The molecule has 0 saturated carbocycles. The summed E-state index contributed by atoms with van der Waals surface area (Å²) in [6, 6.07) is 0. The summed E-state index contributed by atoms with van der Waals surface area (Å²) in [4.78, 5) is 42.8. The second kappa shape index (κ2) is 36.8. The van der Waals surface area contributed by atoms with Crippen molar-refractivity contribution < 1.29 is 37.9 Å². The van der Waals surface area contributed by atoms with Crippen molar-refractivity contribution in [3.8, 4) is 0 Å². The second-order valence-electron chi connectivity index (χ2n) is 14.3. The van der Waals surface area contributed by atoms with Crippen LogP contribution in [0.4, 0.5) is 0 Å². The first-order valence-electron chi connectivity index (χ1n) is 20.8. The Labute approximate surface area is 302 Å². The number of phosphoric ester groups is 1. The predicted molar refractivity (Wildman–Crippen MR) is 203 cm³/mol. The van der Waals surface area contributed by atoms with E-state index in [-0.39, 0.29) is 19.4 Å². The maximum atomic E-state index is 12.4. The molecule has 1 atom stereocenters.